The fourth-order valence-electron chi connectivity index (χ4n) is 3.15. The lowest BCUT2D eigenvalue weighted by atomic mass is 9.84. The van der Waals surface area contributed by atoms with Crippen LogP contribution in [-0.4, -0.2) is 0 Å². The van der Waals surface area contributed by atoms with Gasteiger partial charge in [-0.1, -0.05) is 43.5 Å². The van der Waals surface area contributed by atoms with Crippen molar-refractivity contribution in [3.05, 3.63) is 62.5 Å². The van der Waals surface area contributed by atoms with Gasteiger partial charge in [0.15, 0.2) is 0 Å². The lowest BCUT2D eigenvalue weighted by Gasteiger charge is -2.22. The molecule has 1 aliphatic carbocycles. The number of hydrogen-bond acceptors (Lipinski definition) is 1. The number of nitrogens with one attached hydrogen (secondary N) is 1. The van der Waals surface area contributed by atoms with E-state index in [0.717, 1.165) is 27.1 Å². The summed E-state index contributed by atoms with van der Waals surface area (Å²) in [6.07, 6.45) is 6.94. The summed E-state index contributed by atoms with van der Waals surface area (Å²) in [6.45, 7) is 0.860. The third-order valence-electron chi connectivity index (χ3n) is 4.47. The predicted molar refractivity (Wildman–Crippen MR) is 101 cm³/mol. The molecule has 1 nitrogen and oxygen atoms in total. The van der Waals surface area contributed by atoms with Crippen molar-refractivity contribution in [1.29, 1.82) is 0 Å². The Morgan fingerprint density at radius 1 is 0.864 bits per heavy atom. The Kier molecular flexibility index (Phi) is 5.59. The quantitative estimate of drug-likeness (QED) is 0.566. The van der Waals surface area contributed by atoms with Crippen LogP contribution in [0.15, 0.2) is 51.4 Å². The molecule has 2 aromatic carbocycles. The minimum absolute atomic E-state index is 0.790. The normalized spacial score (nSPS) is 15.7. The Balaban J connectivity index is 1.59. The molecule has 0 heterocycles. The van der Waals surface area contributed by atoms with Gasteiger partial charge in [0.2, 0.25) is 0 Å². The molecule has 0 unspecified atom stereocenters. The van der Waals surface area contributed by atoms with E-state index in [1.54, 1.807) is 0 Å². The van der Waals surface area contributed by atoms with Crippen LogP contribution in [0.25, 0.3) is 0 Å². The van der Waals surface area contributed by atoms with E-state index in [-0.39, 0.29) is 0 Å². The van der Waals surface area contributed by atoms with Crippen LogP contribution in [-0.2, 0) is 6.54 Å². The van der Waals surface area contributed by atoms with Gasteiger partial charge in [-0.15, -0.1) is 0 Å². The molecule has 0 atom stereocenters. The van der Waals surface area contributed by atoms with Crippen molar-refractivity contribution in [2.75, 3.05) is 5.32 Å². The molecule has 0 spiro atoms. The molecule has 22 heavy (non-hydrogen) atoms. The Morgan fingerprint density at radius 3 is 2.27 bits per heavy atom. The highest BCUT2D eigenvalue weighted by Crippen LogP contribution is 2.32. The predicted octanol–water partition coefficient (Wildman–Crippen LogP) is 6.87. The molecular formula is C19H21Br2N. The molecule has 1 aliphatic rings. The van der Waals surface area contributed by atoms with E-state index in [2.05, 4.69) is 79.6 Å². The molecule has 1 N–H and O–H groups in total. The molecule has 3 rings (SSSR count). The van der Waals surface area contributed by atoms with Crippen LogP contribution in [0.2, 0.25) is 0 Å². The first-order valence-corrected chi connectivity index (χ1v) is 9.59. The van der Waals surface area contributed by atoms with Crippen LogP contribution in [0, 0.1) is 0 Å². The summed E-state index contributed by atoms with van der Waals surface area (Å²) in [6, 6.07) is 15.4. The highest BCUT2D eigenvalue weighted by Gasteiger charge is 2.14. The molecule has 1 saturated carbocycles. The third-order valence-corrected chi connectivity index (χ3v) is 6.35. The smallest absolute Gasteiger partial charge is 0.0400 e. The zero-order valence-corrected chi connectivity index (χ0v) is 15.8. The summed E-state index contributed by atoms with van der Waals surface area (Å²) in [5, 5.41) is 3.48. The Hall–Kier alpha value is -0.800. The average molecular weight is 423 g/mol. The van der Waals surface area contributed by atoms with E-state index in [4.69, 9.17) is 0 Å². The maximum absolute atomic E-state index is 3.54. The van der Waals surface area contributed by atoms with E-state index in [9.17, 15) is 0 Å². The molecule has 0 aromatic heterocycles. The molecule has 0 saturated heterocycles. The largest absolute Gasteiger partial charge is 0.381 e. The zero-order chi connectivity index (χ0) is 15.4. The van der Waals surface area contributed by atoms with Crippen LogP contribution in [0.4, 0.5) is 5.69 Å². The van der Waals surface area contributed by atoms with E-state index < -0.39 is 0 Å². The summed E-state index contributed by atoms with van der Waals surface area (Å²) in [5.41, 5.74) is 3.99. The maximum Gasteiger partial charge on any atom is 0.0400 e. The first-order chi connectivity index (χ1) is 10.7. The van der Waals surface area contributed by atoms with E-state index in [1.807, 2.05) is 0 Å². The molecule has 2 aromatic rings. The molecule has 0 radical (unpaired) electrons. The molecule has 0 bridgehead atoms. The summed E-state index contributed by atoms with van der Waals surface area (Å²) in [5.74, 6) is 0.790. The van der Waals surface area contributed by atoms with Gasteiger partial charge < -0.3 is 5.32 Å². The van der Waals surface area contributed by atoms with E-state index >= 15 is 0 Å². The van der Waals surface area contributed by atoms with E-state index in [0.29, 0.717) is 0 Å². The van der Waals surface area contributed by atoms with Crippen LogP contribution >= 0.6 is 31.9 Å². The van der Waals surface area contributed by atoms with Gasteiger partial charge in [0.1, 0.15) is 0 Å². The molecule has 0 amide bonds. The van der Waals surface area contributed by atoms with Gasteiger partial charge in [0, 0.05) is 21.2 Å². The molecule has 1 fully saturated rings. The fourth-order valence-corrected chi connectivity index (χ4v) is 3.78. The van der Waals surface area contributed by atoms with Crippen molar-refractivity contribution in [1.82, 2.24) is 0 Å². The summed E-state index contributed by atoms with van der Waals surface area (Å²) < 4.78 is 2.15. The van der Waals surface area contributed by atoms with Crippen molar-refractivity contribution in [3.63, 3.8) is 0 Å². The summed E-state index contributed by atoms with van der Waals surface area (Å²) in [4.78, 5) is 0. The number of anilines is 1. The number of halogens is 2. The lowest BCUT2D eigenvalue weighted by Crippen LogP contribution is -2.05. The average Bonchev–Trinajstić information content (AvgIpc) is 2.57. The van der Waals surface area contributed by atoms with Gasteiger partial charge in [0.05, 0.1) is 0 Å². The van der Waals surface area contributed by atoms with Gasteiger partial charge >= 0.3 is 0 Å². The SMILES string of the molecule is Brc1ccc(NCc2ccc(C3CCCCC3)cc2)cc1Br. The first kappa shape index (κ1) is 16.1. The van der Waals surface area contributed by atoms with Gasteiger partial charge in [-0.25, -0.2) is 0 Å². The van der Waals surface area contributed by atoms with Crippen LogP contribution < -0.4 is 5.32 Å². The van der Waals surface area contributed by atoms with E-state index in [1.165, 1.54) is 43.2 Å². The maximum atomic E-state index is 3.54. The number of rotatable bonds is 4. The topological polar surface area (TPSA) is 12.0 Å². The summed E-state index contributed by atoms with van der Waals surface area (Å²) in [7, 11) is 0. The van der Waals surface area contributed by atoms with Crippen molar-refractivity contribution < 1.29 is 0 Å². The fraction of sp³-hybridized carbons (Fsp3) is 0.368. The van der Waals surface area contributed by atoms with Gasteiger partial charge in [-0.05, 0) is 79.9 Å². The van der Waals surface area contributed by atoms with Crippen LogP contribution in [0.3, 0.4) is 0 Å². The second kappa shape index (κ2) is 7.65. The van der Waals surface area contributed by atoms with Crippen molar-refractivity contribution in [2.45, 2.75) is 44.6 Å². The number of hydrogen-bond donors (Lipinski definition) is 1. The van der Waals surface area contributed by atoms with Crippen molar-refractivity contribution in [3.8, 4) is 0 Å². The molecular weight excluding hydrogens is 402 g/mol. The van der Waals surface area contributed by atoms with Gasteiger partial charge in [-0.3, -0.25) is 0 Å². The second-order valence-electron chi connectivity index (χ2n) is 6.06. The third kappa shape index (κ3) is 4.14. The Labute approximate surface area is 149 Å². The highest BCUT2D eigenvalue weighted by atomic mass is 79.9. The zero-order valence-electron chi connectivity index (χ0n) is 12.6. The Bertz CT molecular complexity index is 616. The molecule has 116 valence electrons. The van der Waals surface area contributed by atoms with Crippen molar-refractivity contribution >= 4 is 37.5 Å². The van der Waals surface area contributed by atoms with Crippen LogP contribution in [0.5, 0.6) is 0 Å². The number of benzene rings is 2. The first-order valence-electron chi connectivity index (χ1n) is 8.00. The van der Waals surface area contributed by atoms with Gasteiger partial charge in [-0.2, -0.15) is 0 Å². The van der Waals surface area contributed by atoms with Crippen LogP contribution in [0.1, 0.15) is 49.1 Å². The standard InChI is InChI=1S/C19H21Br2N/c20-18-11-10-17(12-19(18)21)22-13-14-6-8-16(9-7-14)15-4-2-1-3-5-15/h6-12,15,22H,1-5,13H2. The highest BCUT2D eigenvalue weighted by molar-refractivity contribution is 9.13. The minimum Gasteiger partial charge on any atom is -0.381 e. The second-order valence-corrected chi connectivity index (χ2v) is 7.77. The lowest BCUT2D eigenvalue weighted by molar-refractivity contribution is 0.443. The monoisotopic (exact) mass is 421 g/mol. The van der Waals surface area contributed by atoms with Gasteiger partial charge in [0.25, 0.3) is 0 Å². The Morgan fingerprint density at radius 2 is 1.59 bits per heavy atom. The molecule has 0 aliphatic heterocycles. The molecule has 3 heteroatoms. The minimum atomic E-state index is 0.790. The summed E-state index contributed by atoms with van der Waals surface area (Å²) >= 11 is 7.04. The van der Waals surface area contributed by atoms with Crippen molar-refractivity contribution in [2.24, 2.45) is 0 Å².